The lowest BCUT2D eigenvalue weighted by Gasteiger charge is -2.37. The smallest absolute Gasteiger partial charge is 0.407 e. The van der Waals surface area contributed by atoms with Crippen LogP contribution in [0.4, 0.5) is 9.18 Å². The minimum atomic E-state index is -1.19. The van der Waals surface area contributed by atoms with Crippen LogP contribution in [0, 0.1) is 0 Å². The Bertz CT molecular complexity index is 416. The average Bonchev–Trinajstić information content (AvgIpc) is 2.37. The molecule has 1 amide bonds. The third kappa shape index (κ3) is 10.8. The van der Waals surface area contributed by atoms with E-state index in [1.807, 2.05) is 0 Å². The summed E-state index contributed by atoms with van der Waals surface area (Å²) in [6.45, 7) is 13.3. The van der Waals surface area contributed by atoms with Gasteiger partial charge in [0.15, 0.2) is 0 Å². The van der Waals surface area contributed by atoms with E-state index in [4.69, 9.17) is 14.2 Å². The molecular weight excluding hydrogens is 341 g/mol. The molecule has 1 N–H and O–H groups in total. The van der Waals surface area contributed by atoms with Crippen molar-refractivity contribution in [2.24, 2.45) is 0 Å². The number of ether oxygens (including phenoxy) is 3. The second-order valence-electron chi connectivity index (χ2n) is 9.26. The van der Waals surface area contributed by atoms with Crippen molar-refractivity contribution in [3.05, 3.63) is 0 Å². The molecule has 1 fully saturated rings. The molecule has 0 spiro atoms. The molecule has 1 saturated carbocycles. The van der Waals surface area contributed by atoms with E-state index in [2.05, 4.69) is 25.0 Å². The molecule has 0 aromatic heterocycles. The Balaban J connectivity index is 2.36. The number of carbonyl (C=O) groups is 1. The Morgan fingerprint density at radius 1 is 1.24 bits per heavy atom. The first kappa shape index (κ1) is 22.4. The summed E-state index contributed by atoms with van der Waals surface area (Å²) in [6, 6.07) is 0.657. The van der Waals surface area contributed by atoms with Crippen LogP contribution in [-0.2, 0) is 14.2 Å². The van der Waals surface area contributed by atoms with Crippen molar-refractivity contribution >= 4 is 14.2 Å². The monoisotopic (exact) mass is 377 g/mol. The first-order valence-electron chi connectivity index (χ1n) is 9.23. The molecule has 1 aliphatic rings. The summed E-state index contributed by atoms with van der Waals surface area (Å²) in [5.41, 5.74) is -1.78. The van der Waals surface area contributed by atoms with Crippen LogP contribution < -0.4 is 5.32 Å². The highest BCUT2D eigenvalue weighted by Crippen LogP contribution is 2.39. The average molecular weight is 378 g/mol. The molecule has 0 radical (unpaired) electrons. The van der Waals surface area contributed by atoms with Gasteiger partial charge in [-0.15, -0.1) is 0 Å². The maximum atomic E-state index is 14.4. The van der Waals surface area contributed by atoms with Crippen LogP contribution in [0.3, 0.4) is 0 Å². The minimum Gasteiger partial charge on any atom is -0.444 e. The molecule has 0 heterocycles. The molecule has 148 valence electrons. The summed E-state index contributed by atoms with van der Waals surface area (Å²) in [5.74, 6) is 0. The fraction of sp³-hybridized carbons (Fsp3) is 0.944. The number of nitrogens with one attached hydrogen (secondary N) is 1. The zero-order valence-electron chi connectivity index (χ0n) is 16.7. The van der Waals surface area contributed by atoms with Gasteiger partial charge in [0.05, 0.1) is 12.6 Å². The molecular formula is C18H36FNO4Si. The van der Waals surface area contributed by atoms with Crippen LogP contribution in [0.1, 0.15) is 46.5 Å². The zero-order valence-corrected chi connectivity index (χ0v) is 17.7. The molecule has 7 heteroatoms. The molecule has 0 bridgehead atoms. The molecule has 0 aliphatic heterocycles. The normalized spacial score (nSPS) is 18.4. The summed E-state index contributed by atoms with van der Waals surface area (Å²) in [5, 5.41) is 2.74. The van der Waals surface area contributed by atoms with Crippen LogP contribution in [0.2, 0.25) is 25.7 Å². The van der Waals surface area contributed by atoms with E-state index < -0.39 is 31.5 Å². The second-order valence-corrected chi connectivity index (χ2v) is 14.9. The number of halogens is 1. The molecule has 1 unspecified atom stereocenters. The standard InChI is InChI=1S/C18H36FNO4Si/c1-17(2,3)24-16(21)20-15(12-18(19)8-7-9-18)13-23-14-22-10-11-25(4,5)6/h15H,7-14H2,1-6H3,(H,20,21). The van der Waals surface area contributed by atoms with Gasteiger partial charge in [-0.1, -0.05) is 19.6 Å². The predicted octanol–water partition coefficient (Wildman–Crippen LogP) is 4.49. The summed E-state index contributed by atoms with van der Waals surface area (Å²) in [6.07, 6.45) is 1.71. The highest BCUT2D eigenvalue weighted by Gasteiger charge is 2.39. The Morgan fingerprint density at radius 3 is 2.36 bits per heavy atom. The Hall–Kier alpha value is -0.663. The fourth-order valence-electron chi connectivity index (χ4n) is 2.52. The largest absolute Gasteiger partial charge is 0.444 e. The van der Waals surface area contributed by atoms with Crippen LogP contribution in [0.5, 0.6) is 0 Å². The van der Waals surface area contributed by atoms with E-state index in [0.717, 1.165) is 12.5 Å². The number of amides is 1. The molecule has 0 aromatic carbocycles. The van der Waals surface area contributed by atoms with E-state index in [-0.39, 0.29) is 19.8 Å². The van der Waals surface area contributed by atoms with Crippen molar-refractivity contribution in [1.29, 1.82) is 0 Å². The summed E-state index contributed by atoms with van der Waals surface area (Å²) < 4.78 is 30.7. The van der Waals surface area contributed by atoms with E-state index in [1.54, 1.807) is 20.8 Å². The lowest BCUT2D eigenvalue weighted by molar-refractivity contribution is -0.0640. The van der Waals surface area contributed by atoms with Gasteiger partial charge >= 0.3 is 6.09 Å². The Labute approximate surface area is 153 Å². The van der Waals surface area contributed by atoms with Gasteiger partial charge in [-0.25, -0.2) is 9.18 Å². The van der Waals surface area contributed by atoms with Gasteiger partial charge in [0.2, 0.25) is 0 Å². The minimum absolute atomic E-state index is 0.163. The molecule has 25 heavy (non-hydrogen) atoms. The van der Waals surface area contributed by atoms with Gasteiger partial charge in [0.1, 0.15) is 18.1 Å². The summed E-state index contributed by atoms with van der Waals surface area (Å²) in [4.78, 5) is 12.0. The molecule has 0 saturated heterocycles. The quantitative estimate of drug-likeness (QED) is 0.346. The molecule has 1 atom stereocenters. The third-order valence-electron chi connectivity index (χ3n) is 4.06. The van der Waals surface area contributed by atoms with Crippen molar-refractivity contribution < 1.29 is 23.4 Å². The third-order valence-corrected chi connectivity index (χ3v) is 5.77. The van der Waals surface area contributed by atoms with Gasteiger partial charge in [-0.3, -0.25) is 0 Å². The van der Waals surface area contributed by atoms with E-state index >= 15 is 0 Å². The topological polar surface area (TPSA) is 56.8 Å². The van der Waals surface area contributed by atoms with Crippen LogP contribution >= 0.6 is 0 Å². The highest BCUT2D eigenvalue weighted by molar-refractivity contribution is 6.76. The second kappa shape index (κ2) is 9.32. The first-order chi connectivity index (χ1) is 11.4. The van der Waals surface area contributed by atoms with Gasteiger partial charge in [0, 0.05) is 21.1 Å². The molecule has 0 aromatic rings. The van der Waals surface area contributed by atoms with E-state index in [9.17, 15) is 9.18 Å². The maximum absolute atomic E-state index is 14.4. The van der Waals surface area contributed by atoms with Gasteiger partial charge < -0.3 is 19.5 Å². The Morgan fingerprint density at radius 2 is 1.88 bits per heavy atom. The predicted molar refractivity (Wildman–Crippen MR) is 100 cm³/mol. The van der Waals surface area contributed by atoms with Gasteiger partial charge in [-0.2, -0.15) is 0 Å². The zero-order chi connectivity index (χ0) is 19.1. The van der Waals surface area contributed by atoms with Crippen molar-refractivity contribution in [2.45, 2.75) is 89.5 Å². The van der Waals surface area contributed by atoms with E-state index in [1.165, 1.54) is 0 Å². The first-order valence-corrected chi connectivity index (χ1v) is 12.9. The van der Waals surface area contributed by atoms with Crippen LogP contribution in [-0.4, -0.2) is 51.5 Å². The Kier molecular flexibility index (Phi) is 8.35. The fourth-order valence-corrected chi connectivity index (χ4v) is 3.28. The van der Waals surface area contributed by atoms with Crippen molar-refractivity contribution in [3.63, 3.8) is 0 Å². The van der Waals surface area contributed by atoms with Gasteiger partial charge in [0.25, 0.3) is 0 Å². The molecule has 1 rings (SSSR count). The lowest BCUT2D eigenvalue weighted by Crippen LogP contribution is -2.47. The van der Waals surface area contributed by atoms with E-state index in [0.29, 0.717) is 19.4 Å². The van der Waals surface area contributed by atoms with Crippen LogP contribution in [0.25, 0.3) is 0 Å². The number of alkyl carbamates (subject to hydrolysis) is 1. The molecule has 1 aliphatic carbocycles. The maximum Gasteiger partial charge on any atom is 0.407 e. The van der Waals surface area contributed by atoms with Crippen molar-refractivity contribution in [3.8, 4) is 0 Å². The lowest BCUT2D eigenvalue weighted by atomic mass is 9.78. The summed E-state index contributed by atoms with van der Waals surface area (Å²) in [7, 11) is -1.12. The number of rotatable bonds is 10. The van der Waals surface area contributed by atoms with Crippen molar-refractivity contribution in [1.82, 2.24) is 5.32 Å². The van der Waals surface area contributed by atoms with Gasteiger partial charge in [-0.05, 0) is 46.1 Å². The van der Waals surface area contributed by atoms with Crippen molar-refractivity contribution in [2.75, 3.05) is 20.0 Å². The SMILES string of the molecule is CC(C)(C)OC(=O)NC(COCOCC[Si](C)(C)C)CC1(F)CCC1. The number of hydrogen-bond acceptors (Lipinski definition) is 4. The number of carbonyl (C=O) groups excluding carboxylic acids is 1. The molecule has 5 nitrogen and oxygen atoms in total. The highest BCUT2D eigenvalue weighted by atomic mass is 28.3. The number of alkyl halides is 1. The van der Waals surface area contributed by atoms with Crippen LogP contribution in [0.15, 0.2) is 0 Å². The summed E-state index contributed by atoms with van der Waals surface area (Å²) >= 11 is 0. The number of hydrogen-bond donors (Lipinski definition) is 1.